The molecule has 33 heavy (non-hydrogen) atoms. The lowest BCUT2D eigenvalue weighted by Gasteiger charge is -2.25. The highest BCUT2D eigenvalue weighted by molar-refractivity contribution is 6.04. The molecular formula is C23H21F2N5O3. The van der Waals surface area contributed by atoms with E-state index in [9.17, 15) is 18.4 Å². The number of rotatable bonds is 7. The molecule has 8 nitrogen and oxygen atoms in total. The van der Waals surface area contributed by atoms with Gasteiger partial charge in [-0.2, -0.15) is 8.78 Å². The number of hydrogen-bond acceptors (Lipinski definition) is 6. The van der Waals surface area contributed by atoms with Crippen LogP contribution in [0.3, 0.4) is 0 Å². The number of benzene rings is 2. The molecular weight excluding hydrogens is 432 g/mol. The molecule has 170 valence electrons. The number of carbonyl (C=O) groups excluding carboxylic acids is 2. The Kier molecular flexibility index (Phi) is 6.16. The van der Waals surface area contributed by atoms with Crippen LogP contribution in [0, 0.1) is 6.92 Å². The zero-order valence-corrected chi connectivity index (χ0v) is 17.7. The van der Waals surface area contributed by atoms with Gasteiger partial charge in [-0.15, -0.1) is 0 Å². The number of aryl methyl sites for hydroxylation is 1. The van der Waals surface area contributed by atoms with Gasteiger partial charge >= 0.3 is 6.61 Å². The van der Waals surface area contributed by atoms with Gasteiger partial charge in [-0.05, 0) is 48.7 Å². The zero-order chi connectivity index (χ0) is 23.5. The van der Waals surface area contributed by atoms with Gasteiger partial charge in [0.15, 0.2) is 0 Å². The van der Waals surface area contributed by atoms with E-state index in [0.717, 1.165) is 11.1 Å². The Morgan fingerprint density at radius 2 is 1.85 bits per heavy atom. The molecule has 3 aromatic rings. The first-order chi connectivity index (χ1) is 15.8. The first-order valence-electron chi connectivity index (χ1n) is 10.2. The maximum atomic E-state index is 12.4. The van der Waals surface area contributed by atoms with Crippen LogP contribution in [0.2, 0.25) is 0 Å². The summed E-state index contributed by atoms with van der Waals surface area (Å²) in [5.41, 5.74) is 8.99. The summed E-state index contributed by atoms with van der Waals surface area (Å²) in [5, 5.41) is 3.08. The Bertz CT molecular complexity index is 1170. The molecule has 0 bridgehead atoms. The number of aromatic nitrogens is 2. The molecule has 2 heterocycles. The standard InChI is InChI=1S/C23H21F2N5O3/c1-13-2-5-16(10-19(13)30-18(21(26)32)8-9-20(30)31)29-23-27-11-15(12-28-23)14-3-6-17(7-4-14)33-22(24)25/h2-7,10-12,18,22H,8-9H2,1H3,(H2,26,32)(H,27,28,29)/t18-/m1/s1. The lowest BCUT2D eigenvalue weighted by atomic mass is 10.1. The highest BCUT2D eigenvalue weighted by Gasteiger charge is 2.36. The number of alkyl halides is 2. The third-order valence-electron chi connectivity index (χ3n) is 5.33. The van der Waals surface area contributed by atoms with Crippen molar-refractivity contribution in [3.8, 4) is 16.9 Å². The molecule has 10 heteroatoms. The van der Waals surface area contributed by atoms with Crippen molar-refractivity contribution in [2.24, 2.45) is 5.73 Å². The number of nitrogens with zero attached hydrogens (tertiary/aromatic N) is 3. The molecule has 0 aliphatic carbocycles. The first-order valence-corrected chi connectivity index (χ1v) is 10.2. The molecule has 2 aromatic carbocycles. The minimum absolute atomic E-state index is 0.0678. The SMILES string of the molecule is Cc1ccc(Nc2ncc(-c3ccc(OC(F)F)cc3)cn2)cc1N1C(=O)CC[C@@H]1C(N)=O. The Morgan fingerprint density at radius 3 is 2.48 bits per heavy atom. The minimum atomic E-state index is -2.88. The summed E-state index contributed by atoms with van der Waals surface area (Å²) >= 11 is 0. The minimum Gasteiger partial charge on any atom is -0.435 e. The lowest BCUT2D eigenvalue weighted by molar-refractivity contribution is -0.121. The maximum Gasteiger partial charge on any atom is 0.387 e. The van der Waals surface area contributed by atoms with Crippen molar-refractivity contribution in [3.63, 3.8) is 0 Å². The molecule has 2 amide bonds. The smallest absolute Gasteiger partial charge is 0.387 e. The van der Waals surface area contributed by atoms with Crippen LogP contribution >= 0.6 is 0 Å². The van der Waals surface area contributed by atoms with Crippen LogP contribution in [-0.2, 0) is 9.59 Å². The molecule has 1 atom stereocenters. The summed E-state index contributed by atoms with van der Waals surface area (Å²) in [6, 6.07) is 10.9. The Balaban J connectivity index is 1.51. The number of primary amides is 1. The second-order valence-electron chi connectivity index (χ2n) is 7.55. The van der Waals surface area contributed by atoms with Gasteiger partial charge in [-0.1, -0.05) is 18.2 Å². The van der Waals surface area contributed by atoms with Gasteiger partial charge in [0.2, 0.25) is 17.8 Å². The lowest BCUT2D eigenvalue weighted by Crippen LogP contribution is -2.42. The first kappa shape index (κ1) is 22.1. The average molecular weight is 453 g/mol. The molecule has 1 saturated heterocycles. The molecule has 1 aliphatic rings. The third-order valence-corrected chi connectivity index (χ3v) is 5.33. The van der Waals surface area contributed by atoms with Crippen molar-refractivity contribution in [2.45, 2.75) is 32.4 Å². The second kappa shape index (κ2) is 9.19. The number of anilines is 3. The van der Waals surface area contributed by atoms with E-state index >= 15 is 0 Å². The number of carbonyl (C=O) groups is 2. The monoisotopic (exact) mass is 453 g/mol. The van der Waals surface area contributed by atoms with Gasteiger partial charge in [-0.25, -0.2) is 9.97 Å². The summed E-state index contributed by atoms with van der Waals surface area (Å²) in [4.78, 5) is 34.2. The summed E-state index contributed by atoms with van der Waals surface area (Å²) in [5.74, 6) is -0.292. The van der Waals surface area contributed by atoms with Gasteiger partial charge in [0, 0.05) is 35.8 Å². The number of ether oxygens (including phenoxy) is 1. The number of nitrogens with two attached hydrogens (primary N) is 1. The quantitative estimate of drug-likeness (QED) is 0.563. The second-order valence-corrected chi connectivity index (χ2v) is 7.55. The van der Waals surface area contributed by atoms with Crippen molar-refractivity contribution >= 4 is 29.1 Å². The maximum absolute atomic E-state index is 12.4. The topological polar surface area (TPSA) is 110 Å². The third kappa shape index (κ3) is 4.89. The molecule has 0 radical (unpaired) electrons. The fourth-order valence-electron chi connectivity index (χ4n) is 3.70. The Morgan fingerprint density at radius 1 is 1.15 bits per heavy atom. The van der Waals surface area contributed by atoms with Crippen LogP contribution in [0.5, 0.6) is 5.75 Å². The van der Waals surface area contributed by atoms with Crippen LogP contribution in [0.25, 0.3) is 11.1 Å². The van der Waals surface area contributed by atoms with E-state index in [0.29, 0.717) is 29.3 Å². The highest BCUT2D eigenvalue weighted by Crippen LogP contribution is 2.32. The average Bonchev–Trinajstić information content (AvgIpc) is 3.17. The predicted octanol–water partition coefficient (Wildman–Crippen LogP) is 3.78. The van der Waals surface area contributed by atoms with E-state index in [2.05, 4.69) is 20.0 Å². The van der Waals surface area contributed by atoms with Gasteiger partial charge < -0.3 is 15.8 Å². The van der Waals surface area contributed by atoms with Crippen LogP contribution in [-0.4, -0.2) is 34.4 Å². The van der Waals surface area contributed by atoms with Gasteiger partial charge in [0.25, 0.3) is 0 Å². The summed E-state index contributed by atoms with van der Waals surface area (Å²) < 4.78 is 28.9. The molecule has 0 spiro atoms. The van der Waals surface area contributed by atoms with Crippen molar-refractivity contribution in [1.29, 1.82) is 0 Å². The van der Waals surface area contributed by atoms with E-state index in [1.165, 1.54) is 17.0 Å². The van der Waals surface area contributed by atoms with Crippen LogP contribution in [0.4, 0.5) is 26.1 Å². The Labute approximate surface area is 188 Å². The molecule has 0 unspecified atom stereocenters. The van der Waals surface area contributed by atoms with E-state index in [-0.39, 0.29) is 18.1 Å². The van der Waals surface area contributed by atoms with Crippen LogP contribution in [0.15, 0.2) is 54.9 Å². The molecule has 1 fully saturated rings. The molecule has 1 aromatic heterocycles. The van der Waals surface area contributed by atoms with Crippen molar-refractivity contribution in [1.82, 2.24) is 9.97 Å². The van der Waals surface area contributed by atoms with Crippen LogP contribution < -0.4 is 20.7 Å². The van der Waals surface area contributed by atoms with E-state index in [4.69, 9.17) is 5.73 Å². The Hall–Kier alpha value is -4.08. The largest absolute Gasteiger partial charge is 0.435 e. The van der Waals surface area contributed by atoms with Gasteiger partial charge in [0.05, 0.1) is 0 Å². The number of halogens is 2. The molecule has 4 rings (SSSR count). The molecule has 1 aliphatic heterocycles. The number of nitrogens with one attached hydrogen (secondary N) is 1. The zero-order valence-electron chi connectivity index (χ0n) is 17.7. The van der Waals surface area contributed by atoms with Crippen molar-refractivity contribution in [3.05, 3.63) is 60.4 Å². The predicted molar refractivity (Wildman–Crippen MR) is 118 cm³/mol. The van der Waals surface area contributed by atoms with E-state index < -0.39 is 18.6 Å². The summed E-state index contributed by atoms with van der Waals surface area (Å²) in [6.45, 7) is -1.02. The normalized spacial score (nSPS) is 15.7. The van der Waals surface area contributed by atoms with Crippen LogP contribution in [0.1, 0.15) is 18.4 Å². The number of hydrogen-bond donors (Lipinski definition) is 2. The van der Waals surface area contributed by atoms with E-state index in [1.54, 1.807) is 30.6 Å². The fourth-order valence-corrected chi connectivity index (χ4v) is 3.70. The van der Waals surface area contributed by atoms with Crippen molar-refractivity contribution in [2.75, 3.05) is 10.2 Å². The highest BCUT2D eigenvalue weighted by atomic mass is 19.3. The fraction of sp³-hybridized carbons (Fsp3) is 0.217. The summed E-state index contributed by atoms with van der Waals surface area (Å²) in [6.07, 6.45) is 3.86. The summed E-state index contributed by atoms with van der Waals surface area (Å²) in [7, 11) is 0. The van der Waals surface area contributed by atoms with Gasteiger partial charge in [0.1, 0.15) is 11.8 Å². The number of amides is 2. The molecule has 3 N–H and O–H groups in total. The van der Waals surface area contributed by atoms with E-state index in [1.807, 2.05) is 19.1 Å². The van der Waals surface area contributed by atoms with Crippen molar-refractivity contribution < 1.29 is 23.1 Å². The molecule has 0 saturated carbocycles. The van der Waals surface area contributed by atoms with Gasteiger partial charge in [-0.3, -0.25) is 14.5 Å².